The van der Waals surface area contributed by atoms with Crippen molar-refractivity contribution in [2.24, 2.45) is 0 Å². The highest BCUT2D eigenvalue weighted by molar-refractivity contribution is 7.27. The Bertz CT molecular complexity index is 7120. The third kappa shape index (κ3) is 12.7. The van der Waals surface area contributed by atoms with E-state index in [4.69, 9.17) is 29.9 Å². The van der Waals surface area contributed by atoms with Gasteiger partial charge in [0.05, 0.1) is 0 Å². The lowest BCUT2D eigenvalue weighted by atomic mass is 9.95. The quantitative estimate of drug-likeness (QED) is 0.119. The van der Waals surface area contributed by atoms with E-state index in [0.29, 0.717) is 34.9 Å². The Morgan fingerprint density at radius 3 is 0.741 bits per heavy atom. The van der Waals surface area contributed by atoms with Crippen LogP contribution >= 0.6 is 45.3 Å². The SMILES string of the molecule is c1ccc(-c2nc(-c3ccc(-c4cccnc4)cc3)nc(-c3cc(-c4ccc5c(c4)sc4ccccc45)cc(-c4ccc5c(c4)sc4ccccc45)c3)n2)cc1.c1ccc(-c2nc(-c3cccc(-c4cccnc4)c3)nc(-c3cc(-c4ccc5c(c4)sc4ccccc45)cc(-c4ccc5c(c4)sc4ccccc45)c3)n2)cc1. The average Bonchev–Trinajstić information content (AvgIpc) is 1.42. The number of rotatable bonds is 12. The van der Waals surface area contributed by atoms with E-state index in [9.17, 15) is 0 Å². The number of hydrogen-bond donors (Lipinski definition) is 0. The highest BCUT2D eigenvalue weighted by Gasteiger charge is 2.21. The Balaban J connectivity index is 0.000000141. The molecule has 0 aliphatic carbocycles. The van der Waals surface area contributed by atoms with Gasteiger partial charge in [0.1, 0.15) is 0 Å². The lowest BCUT2D eigenvalue weighted by Crippen LogP contribution is -2.00. The maximum absolute atomic E-state index is 5.23. The van der Waals surface area contributed by atoms with Crippen LogP contribution in [0, 0.1) is 0 Å². The second-order valence-electron chi connectivity index (χ2n) is 27.8. The summed E-state index contributed by atoms with van der Waals surface area (Å²) in [6.07, 6.45) is 7.35. The standard InChI is InChI=1S/2C50H30N4S2/c1-2-10-31(11-3-1)48-52-49(35-13-8-12-32(24-35)36-14-9-23-51-30-36)54-50(53-48)39-26-37(33-19-21-42-40-15-4-6-17-44(40)55-46(42)28-33)25-38(27-39)34-20-22-43-41-16-5-7-18-45(41)56-47(43)29-34;1-2-9-32(10-3-1)48-52-49(33-18-16-31(17-19-33)36-11-8-24-51-30-36)54-50(53-48)39-26-37(34-20-22-42-40-12-4-6-14-44(40)55-46(42)28-34)25-38(27-39)35-21-23-43-41-13-5-7-15-45(41)56-47(43)29-35/h2*1-30H. The molecular formula is C100H60N8S4. The molecular weight excluding hydrogens is 1440 g/mol. The van der Waals surface area contributed by atoms with Crippen LogP contribution in [0.15, 0.2) is 365 Å². The molecule has 22 rings (SSSR count). The molecule has 0 saturated carbocycles. The van der Waals surface area contributed by atoms with Crippen molar-refractivity contribution < 1.29 is 0 Å². The lowest BCUT2D eigenvalue weighted by molar-refractivity contribution is 1.07. The molecule has 0 aliphatic heterocycles. The van der Waals surface area contributed by atoms with Gasteiger partial charge in [0.2, 0.25) is 0 Å². The smallest absolute Gasteiger partial charge is 0.164 e. The molecule has 0 bridgehead atoms. The minimum atomic E-state index is 0.616. The lowest BCUT2D eigenvalue weighted by Gasteiger charge is -2.13. The topological polar surface area (TPSA) is 103 Å². The summed E-state index contributed by atoms with van der Waals surface area (Å²) in [7, 11) is 0. The Morgan fingerprint density at radius 1 is 0.143 bits per heavy atom. The van der Waals surface area contributed by atoms with Gasteiger partial charge in [-0.3, -0.25) is 9.97 Å². The third-order valence-electron chi connectivity index (χ3n) is 20.8. The molecule has 14 aromatic carbocycles. The van der Waals surface area contributed by atoms with Gasteiger partial charge in [0.15, 0.2) is 34.9 Å². The highest BCUT2D eigenvalue weighted by atomic mass is 32.1. The van der Waals surface area contributed by atoms with Gasteiger partial charge in [0, 0.05) is 144 Å². The summed E-state index contributed by atoms with van der Waals surface area (Å²) in [5, 5.41) is 10.3. The molecule has 8 aromatic heterocycles. The number of aromatic nitrogens is 8. The fourth-order valence-corrected chi connectivity index (χ4v) is 19.8. The van der Waals surface area contributed by atoms with Crippen molar-refractivity contribution in [3.63, 3.8) is 0 Å². The summed E-state index contributed by atoms with van der Waals surface area (Å²) in [4.78, 5) is 39.5. The minimum absolute atomic E-state index is 0.616. The molecule has 0 fully saturated rings. The molecule has 8 heterocycles. The number of hydrogen-bond acceptors (Lipinski definition) is 12. The molecule has 12 heteroatoms. The van der Waals surface area contributed by atoms with Crippen molar-refractivity contribution in [3.05, 3.63) is 365 Å². The molecule has 0 radical (unpaired) electrons. The van der Waals surface area contributed by atoms with Gasteiger partial charge in [-0.1, -0.05) is 237 Å². The van der Waals surface area contributed by atoms with Crippen molar-refractivity contribution >= 4 is 126 Å². The van der Waals surface area contributed by atoms with E-state index < -0.39 is 0 Å². The zero-order valence-corrected chi connectivity index (χ0v) is 63.1. The molecule has 0 N–H and O–H groups in total. The number of benzene rings is 14. The van der Waals surface area contributed by atoms with Crippen LogP contribution in [-0.4, -0.2) is 39.9 Å². The van der Waals surface area contributed by atoms with E-state index in [1.807, 2.05) is 106 Å². The predicted octanol–water partition coefficient (Wildman–Crippen LogP) is 28.0. The fraction of sp³-hybridized carbons (Fsp3) is 0. The first-order valence-corrected chi connectivity index (χ1v) is 40.3. The summed E-state index contributed by atoms with van der Waals surface area (Å²) in [5.74, 6) is 3.74. The van der Waals surface area contributed by atoms with Gasteiger partial charge in [-0.05, 0) is 164 Å². The third-order valence-corrected chi connectivity index (χ3v) is 25.4. The van der Waals surface area contributed by atoms with Crippen molar-refractivity contribution in [1.29, 1.82) is 0 Å². The molecule has 22 aromatic rings. The average molecular weight is 1500 g/mol. The summed E-state index contributed by atoms with van der Waals surface area (Å²) >= 11 is 7.35. The first-order valence-electron chi connectivity index (χ1n) is 37.0. The summed E-state index contributed by atoms with van der Waals surface area (Å²) in [6, 6.07) is 121. The van der Waals surface area contributed by atoms with Gasteiger partial charge in [-0.2, -0.15) is 0 Å². The zero-order valence-electron chi connectivity index (χ0n) is 59.9. The monoisotopic (exact) mass is 1500 g/mol. The van der Waals surface area contributed by atoms with Crippen LogP contribution in [0.4, 0.5) is 0 Å². The Kier molecular flexibility index (Phi) is 16.8. The fourth-order valence-electron chi connectivity index (χ4n) is 15.2. The molecule has 0 atom stereocenters. The second kappa shape index (κ2) is 28.4. The molecule has 0 amide bonds. The van der Waals surface area contributed by atoms with Gasteiger partial charge in [0.25, 0.3) is 0 Å². The maximum Gasteiger partial charge on any atom is 0.164 e. The summed E-state index contributed by atoms with van der Waals surface area (Å²) < 4.78 is 10.3. The van der Waals surface area contributed by atoms with E-state index in [-0.39, 0.29) is 0 Å². The van der Waals surface area contributed by atoms with Gasteiger partial charge in [-0.25, -0.2) is 29.9 Å². The van der Waals surface area contributed by atoms with Gasteiger partial charge in [-0.15, -0.1) is 45.3 Å². The molecule has 8 nitrogen and oxygen atoms in total. The second-order valence-corrected chi connectivity index (χ2v) is 32.2. The minimum Gasteiger partial charge on any atom is -0.264 e. The highest BCUT2D eigenvalue weighted by Crippen LogP contribution is 2.45. The van der Waals surface area contributed by atoms with Crippen molar-refractivity contribution in [1.82, 2.24) is 39.9 Å². The largest absolute Gasteiger partial charge is 0.264 e. The summed E-state index contributed by atoms with van der Waals surface area (Å²) in [5.41, 5.74) is 18.8. The van der Waals surface area contributed by atoms with Crippen LogP contribution in [0.2, 0.25) is 0 Å². The Morgan fingerprint density at radius 2 is 0.384 bits per heavy atom. The van der Waals surface area contributed by atoms with Crippen LogP contribution in [-0.2, 0) is 0 Å². The number of pyridine rings is 2. The van der Waals surface area contributed by atoms with E-state index in [1.165, 1.54) is 80.7 Å². The molecule has 524 valence electrons. The number of nitrogens with zero attached hydrogens (tertiary/aromatic N) is 8. The van der Waals surface area contributed by atoms with Gasteiger partial charge < -0.3 is 0 Å². The van der Waals surface area contributed by atoms with E-state index >= 15 is 0 Å². The van der Waals surface area contributed by atoms with Gasteiger partial charge >= 0.3 is 0 Å². The Labute approximate surface area is 660 Å². The van der Waals surface area contributed by atoms with E-state index in [0.717, 1.165) is 100 Å². The molecule has 0 saturated heterocycles. The molecule has 0 unspecified atom stereocenters. The van der Waals surface area contributed by atoms with Crippen LogP contribution in [0.5, 0.6) is 0 Å². The van der Waals surface area contributed by atoms with Crippen LogP contribution in [0.1, 0.15) is 0 Å². The molecule has 0 spiro atoms. The predicted molar refractivity (Wildman–Crippen MR) is 472 cm³/mol. The first-order chi connectivity index (χ1) is 55.4. The zero-order chi connectivity index (χ0) is 74.0. The number of fused-ring (bicyclic) bond motifs is 12. The maximum atomic E-state index is 5.23. The summed E-state index contributed by atoms with van der Waals surface area (Å²) in [6.45, 7) is 0. The van der Waals surface area contributed by atoms with Crippen LogP contribution < -0.4 is 0 Å². The first kappa shape index (κ1) is 66.5. The molecule has 0 aliphatic rings. The van der Waals surface area contributed by atoms with Crippen molar-refractivity contribution in [2.75, 3.05) is 0 Å². The van der Waals surface area contributed by atoms with E-state index in [2.05, 4.69) is 301 Å². The van der Waals surface area contributed by atoms with Crippen molar-refractivity contribution in [2.45, 2.75) is 0 Å². The Hall–Kier alpha value is -13.7. The number of thiophene rings is 4. The van der Waals surface area contributed by atoms with Crippen LogP contribution in [0.3, 0.4) is 0 Å². The normalized spacial score (nSPS) is 11.6. The van der Waals surface area contributed by atoms with Crippen LogP contribution in [0.25, 0.3) is 216 Å². The van der Waals surface area contributed by atoms with E-state index in [1.54, 1.807) is 12.4 Å². The molecule has 112 heavy (non-hydrogen) atoms. The van der Waals surface area contributed by atoms with Crippen molar-refractivity contribution in [3.8, 4) is 135 Å².